The first-order valence-corrected chi connectivity index (χ1v) is 11.7. The number of aromatic nitrogens is 4. The third-order valence-corrected chi connectivity index (χ3v) is 6.26. The summed E-state index contributed by atoms with van der Waals surface area (Å²) in [6.07, 6.45) is 0. The summed E-state index contributed by atoms with van der Waals surface area (Å²) in [4.78, 5) is 36.6. The van der Waals surface area contributed by atoms with Crippen LogP contribution in [0.15, 0.2) is 68.6 Å². The second-order valence-corrected chi connectivity index (χ2v) is 8.72. The van der Waals surface area contributed by atoms with Crippen LogP contribution < -0.4 is 20.7 Å². The molecule has 9 heteroatoms. The number of ether oxygens (including phenoxy) is 2. The Bertz CT molecular complexity index is 1750. The van der Waals surface area contributed by atoms with Gasteiger partial charge >= 0.3 is 5.69 Å². The first-order valence-electron chi connectivity index (χ1n) is 11.7. The van der Waals surface area contributed by atoms with Gasteiger partial charge in [0.2, 0.25) is 5.89 Å². The van der Waals surface area contributed by atoms with Gasteiger partial charge in [-0.1, -0.05) is 18.2 Å². The average Bonchev–Trinajstić information content (AvgIpc) is 3.26. The molecule has 0 aliphatic carbocycles. The molecule has 0 radical (unpaired) electrons. The van der Waals surface area contributed by atoms with Crippen LogP contribution in [0.1, 0.15) is 22.7 Å². The van der Waals surface area contributed by atoms with Crippen molar-refractivity contribution in [3.05, 3.63) is 98.1 Å². The minimum absolute atomic E-state index is 0.0591. The van der Waals surface area contributed by atoms with Crippen molar-refractivity contribution in [2.45, 2.75) is 27.3 Å². The Balaban J connectivity index is 1.68. The molecule has 0 saturated heterocycles. The van der Waals surface area contributed by atoms with Crippen LogP contribution in [-0.2, 0) is 6.54 Å². The molecule has 0 fully saturated rings. The molecule has 3 heterocycles. The van der Waals surface area contributed by atoms with Gasteiger partial charge in [-0.15, -0.1) is 0 Å². The quantitative estimate of drug-likeness (QED) is 0.346. The molecule has 3 aromatic heterocycles. The second kappa shape index (κ2) is 9.42. The van der Waals surface area contributed by atoms with E-state index in [1.54, 1.807) is 39.3 Å². The summed E-state index contributed by atoms with van der Waals surface area (Å²) in [7, 11) is 3.11. The van der Waals surface area contributed by atoms with E-state index in [2.05, 4.69) is 9.97 Å². The van der Waals surface area contributed by atoms with Gasteiger partial charge in [0.1, 0.15) is 11.5 Å². The number of fused-ring (bicyclic) bond motifs is 1. The first-order chi connectivity index (χ1) is 17.8. The Morgan fingerprint density at radius 2 is 1.62 bits per heavy atom. The van der Waals surface area contributed by atoms with Crippen LogP contribution in [0, 0.1) is 20.8 Å². The van der Waals surface area contributed by atoms with E-state index in [9.17, 15) is 9.59 Å². The number of nitrogens with zero attached hydrogens (tertiary/aromatic N) is 4. The first kappa shape index (κ1) is 24.1. The van der Waals surface area contributed by atoms with Crippen molar-refractivity contribution in [3.8, 4) is 28.6 Å². The van der Waals surface area contributed by atoms with Crippen molar-refractivity contribution >= 4 is 11.0 Å². The van der Waals surface area contributed by atoms with Crippen LogP contribution in [0.5, 0.6) is 11.5 Å². The Labute approximate surface area is 212 Å². The molecule has 5 aromatic rings. The molecule has 0 unspecified atom stereocenters. The predicted molar refractivity (Wildman–Crippen MR) is 140 cm³/mol. The third kappa shape index (κ3) is 4.18. The smallest absolute Gasteiger partial charge is 0.337 e. The minimum Gasteiger partial charge on any atom is -0.493 e. The zero-order valence-electron chi connectivity index (χ0n) is 21.2. The average molecular weight is 499 g/mol. The largest absolute Gasteiger partial charge is 0.493 e. The Morgan fingerprint density at radius 1 is 0.892 bits per heavy atom. The highest BCUT2D eigenvalue weighted by Crippen LogP contribution is 2.32. The zero-order valence-corrected chi connectivity index (χ0v) is 21.2. The lowest BCUT2D eigenvalue weighted by Crippen LogP contribution is -2.40. The van der Waals surface area contributed by atoms with Gasteiger partial charge in [-0.05, 0) is 62.7 Å². The summed E-state index contributed by atoms with van der Waals surface area (Å²) in [6, 6.07) is 16.3. The summed E-state index contributed by atoms with van der Waals surface area (Å²) < 4.78 is 19.3. The number of pyridine rings is 1. The number of benzene rings is 2. The van der Waals surface area contributed by atoms with E-state index in [0.29, 0.717) is 51.1 Å². The van der Waals surface area contributed by atoms with Gasteiger partial charge in [-0.3, -0.25) is 9.36 Å². The van der Waals surface area contributed by atoms with Crippen LogP contribution >= 0.6 is 0 Å². The lowest BCUT2D eigenvalue weighted by molar-refractivity contribution is 0.355. The van der Waals surface area contributed by atoms with Crippen LogP contribution in [0.3, 0.4) is 0 Å². The predicted octanol–water partition coefficient (Wildman–Crippen LogP) is 4.19. The van der Waals surface area contributed by atoms with E-state index < -0.39 is 11.2 Å². The third-order valence-electron chi connectivity index (χ3n) is 6.26. The normalized spacial score (nSPS) is 11.2. The molecule has 0 aliphatic heterocycles. The Kier molecular flexibility index (Phi) is 6.12. The van der Waals surface area contributed by atoms with Crippen molar-refractivity contribution in [1.29, 1.82) is 0 Å². The summed E-state index contributed by atoms with van der Waals surface area (Å²) in [5.41, 5.74) is 2.63. The fraction of sp³-hybridized carbons (Fsp3) is 0.214. The number of hydrogen-bond acceptors (Lipinski definition) is 7. The van der Waals surface area contributed by atoms with Gasteiger partial charge in [0, 0.05) is 11.3 Å². The van der Waals surface area contributed by atoms with Crippen LogP contribution in [0.25, 0.3) is 28.2 Å². The highest BCUT2D eigenvalue weighted by molar-refractivity contribution is 5.79. The second-order valence-electron chi connectivity index (χ2n) is 8.72. The molecule has 188 valence electrons. The van der Waals surface area contributed by atoms with E-state index in [-0.39, 0.29) is 6.54 Å². The monoisotopic (exact) mass is 498 g/mol. The summed E-state index contributed by atoms with van der Waals surface area (Å²) in [5.74, 6) is 1.96. The van der Waals surface area contributed by atoms with E-state index in [1.165, 1.54) is 9.13 Å². The molecule has 0 saturated carbocycles. The number of rotatable bonds is 6. The van der Waals surface area contributed by atoms with E-state index >= 15 is 0 Å². The van der Waals surface area contributed by atoms with Crippen LogP contribution in [0.4, 0.5) is 0 Å². The highest BCUT2D eigenvalue weighted by Gasteiger charge is 2.21. The minimum atomic E-state index is -0.503. The highest BCUT2D eigenvalue weighted by atomic mass is 16.5. The zero-order chi connectivity index (χ0) is 26.3. The number of aryl methyl sites for hydroxylation is 3. The van der Waals surface area contributed by atoms with E-state index in [1.807, 2.05) is 50.2 Å². The van der Waals surface area contributed by atoms with Crippen LogP contribution in [0.2, 0.25) is 0 Å². The SMILES string of the molecule is COc1ccc(-c2nc(Cn3c(=O)c4c(C)cc(C)nc4n(-c4ccccc4)c3=O)c(C)o2)cc1OC. The van der Waals surface area contributed by atoms with Gasteiger partial charge in [0.25, 0.3) is 5.56 Å². The molecule has 5 rings (SSSR count). The molecular weight excluding hydrogens is 472 g/mol. The van der Waals surface area contributed by atoms with Gasteiger partial charge in [0.05, 0.1) is 31.8 Å². The van der Waals surface area contributed by atoms with Crippen LogP contribution in [-0.4, -0.2) is 33.3 Å². The van der Waals surface area contributed by atoms with Crippen molar-refractivity contribution in [2.75, 3.05) is 14.2 Å². The molecular formula is C28H26N4O5. The summed E-state index contributed by atoms with van der Waals surface area (Å²) >= 11 is 0. The van der Waals surface area contributed by atoms with Gasteiger partial charge < -0.3 is 13.9 Å². The summed E-state index contributed by atoms with van der Waals surface area (Å²) in [6.45, 7) is 5.38. The van der Waals surface area contributed by atoms with Crippen molar-refractivity contribution < 1.29 is 13.9 Å². The molecule has 0 bridgehead atoms. The Morgan fingerprint density at radius 3 is 2.32 bits per heavy atom. The molecule has 9 nitrogen and oxygen atoms in total. The van der Waals surface area contributed by atoms with Gasteiger partial charge in [-0.25, -0.2) is 19.3 Å². The molecule has 0 aliphatic rings. The molecule has 0 amide bonds. The number of para-hydroxylation sites is 1. The molecule has 0 N–H and O–H groups in total. The maximum absolute atomic E-state index is 13.8. The van der Waals surface area contributed by atoms with E-state index in [4.69, 9.17) is 13.9 Å². The molecule has 37 heavy (non-hydrogen) atoms. The number of hydrogen-bond donors (Lipinski definition) is 0. The number of methoxy groups -OCH3 is 2. The lowest BCUT2D eigenvalue weighted by atomic mass is 10.1. The fourth-order valence-electron chi connectivity index (χ4n) is 4.44. The number of oxazole rings is 1. The van der Waals surface area contributed by atoms with Crippen molar-refractivity contribution in [2.24, 2.45) is 0 Å². The maximum atomic E-state index is 13.8. The van der Waals surface area contributed by atoms with Crippen molar-refractivity contribution in [3.63, 3.8) is 0 Å². The van der Waals surface area contributed by atoms with Crippen molar-refractivity contribution in [1.82, 2.24) is 19.1 Å². The van der Waals surface area contributed by atoms with Gasteiger partial charge in [0.15, 0.2) is 17.1 Å². The fourth-order valence-corrected chi connectivity index (χ4v) is 4.44. The molecule has 0 atom stereocenters. The van der Waals surface area contributed by atoms with E-state index in [0.717, 1.165) is 11.3 Å². The molecule has 0 spiro atoms. The lowest BCUT2D eigenvalue weighted by Gasteiger charge is -2.15. The standard InChI is InChI=1S/C28H26N4O5/c1-16-13-17(2)29-25-24(16)27(33)31(28(34)32(25)20-9-7-6-8-10-20)15-21-18(3)37-26(30-21)19-11-12-22(35-4)23(14-19)36-5/h6-14H,15H2,1-5H3. The maximum Gasteiger partial charge on any atom is 0.337 e. The van der Waals surface area contributed by atoms with Gasteiger partial charge in [-0.2, -0.15) is 0 Å². The Hall–Kier alpha value is -4.66. The molecule has 2 aromatic carbocycles. The topological polar surface area (TPSA) is 101 Å². The summed E-state index contributed by atoms with van der Waals surface area (Å²) in [5, 5.41) is 0.385.